The molecule has 2 heteroatoms. The van der Waals surface area contributed by atoms with Crippen molar-refractivity contribution in [1.82, 2.24) is 0 Å². The van der Waals surface area contributed by atoms with Gasteiger partial charge in [0.25, 0.3) is 0 Å². The molecule has 0 aliphatic carbocycles. The van der Waals surface area contributed by atoms with Gasteiger partial charge in [0.15, 0.2) is 0 Å². The fourth-order valence-corrected chi connectivity index (χ4v) is 0.970. The average molecular weight is 151 g/mol. The van der Waals surface area contributed by atoms with Crippen LogP contribution in [0.2, 0.25) is 0 Å². The summed E-state index contributed by atoms with van der Waals surface area (Å²) in [7, 11) is 0. The van der Waals surface area contributed by atoms with Gasteiger partial charge in [-0.05, 0) is 12.0 Å². The molecular formula is C9H13NO. The molecule has 0 bridgehead atoms. The molecule has 0 heterocycles. The lowest BCUT2D eigenvalue weighted by Crippen LogP contribution is -2.21. The summed E-state index contributed by atoms with van der Waals surface area (Å²) in [6.45, 7) is 0.328. The van der Waals surface area contributed by atoms with E-state index in [9.17, 15) is 5.11 Å². The van der Waals surface area contributed by atoms with Crippen LogP contribution in [0.5, 0.6) is 0 Å². The number of aliphatic hydroxyl groups is 1. The Hall–Kier alpha value is -0.860. The lowest BCUT2D eigenvalue weighted by atomic mass is 10.1. The topological polar surface area (TPSA) is 46.2 Å². The van der Waals surface area contributed by atoms with Crippen molar-refractivity contribution >= 4 is 0 Å². The Morgan fingerprint density at radius 3 is 2.45 bits per heavy atom. The van der Waals surface area contributed by atoms with E-state index < -0.39 is 6.10 Å². The van der Waals surface area contributed by atoms with E-state index >= 15 is 0 Å². The predicted molar refractivity (Wildman–Crippen MR) is 45.2 cm³/mol. The van der Waals surface area contributed by atoms with Crippen LogP contribution in [0.1, 0.15) is 5.56 Å². The molecule has 1 aromatic carbocycles. The molecular weight excluding hydrogens is 138 g/mol. The smallest absolute Gasteiger partial charge is 0.0702 e. The molecule has 0 radical (unpaired) electrons. The van der Waals surface area contributed by atoms with Crippen LogP contribution in [0, 0.1) is 0 Å². The maximum Gasteiger partial charge on any atom is 0.0702 e. The van der Waals surface area contributed by atoms with Gasteiger partial charge in [0.1, 0.15) is 0 Å². The van der Waals surface area contributed by atoms with Gasteiger partial charge in [-0.15, -0.1) is 0 Å². The molecule has 0 amide bonds. The third-order valence-electron chi connectivity index (χ3n) is 1.59. The molecule has 0 aromatic heterocycles. The fourth-order valence-electron chi connectivity index (χ4n) is 0.970. The van der Waals surface area contributed by atoms with Gasteiger partial charge in [-0.25, -0.2) is 0 Å². The first kappa shape index (κ1) is 8.24. The van der Waals surface area contributed by atoms with E-state index in [0.717, 1.165) is 5.56 Å². The van der Waals surface area contributed by atoms with Crippen molar-refractivity contribution in [2.24, 2.45) is 5.73 Å². The number of benzene rings is 1. The molecule has 2 nitrogen and oxygen atoms in total. The Labute approximate surface area is 66.7 Å². The maximum absolute atomic E-state index is 9.19. The Morgan fingerprint density at radius 2 is 1.91 bits per heavy atom. The molecule has 0 aliphatic heterocycles. The van der Waals surface area contributed by atoms with Crippen molar-refractivity contribution in [3.8, 4) is 0 Å². The van der Waals surface area contributed by atoms with Gasteiger partial charge >= 0.3 is 0 Å². The molecule has 0 saturated heterocycles. The third kappa shape index (κ3) is 2.70. The summed E-state index contributed by atoms with van der Waals surface area (Å²) in [6.07, 6.45) is 0.245. The van der Waals surface area contributed by atoms with Crippen molar-refractivity contribution < 1.29 is 5.11 Å². The second kappa shape index (κ2) is 4.11. The Morgan fingerprint density at radius 1 is 1.27 bits per heavy atom. The molecule has 0 aliphatic rings. The minimum Gasteiger partial charge on any atom is -0.391 e. The molecule has 3 N–H and O–H groups in total. The maximum atomic E-state index is 9.19. The first-order valence-electron chi connectivity index (χ1n) is 3.75. The van der Waals surface area contributed by atoms with Gasteiger partial charge < -0.3 is 10.8 Å². The number of rotatable bonds is 3. The molecule has 0 unspecified atom stereocenters. The number of aliphatic hydroxyl groups excluding tert-OH is 1. The highest BCUT2D eigenvalue weighted by atomic mass is 16.3. The van der Waals surface area contributed by atoms with Gasteiger partial charge in [-0.3, -0.25) is 0 Å². The largest absolute Gasteiger partial charge is 0.391 e. The van der Waals surface area contributed by atoms with Crippen molar-refractivity contribution in [3.05, 3.63) is 35.9 Å². The predicted octanol–water partition coefficient (Wildman–Crippen LogP) is 0.549. The summed E-state index contributed by atoms with van der Waals surface area (Å²) in [4.78, 5) is 0. The second-order valence-electron chi connectivity index (χ2n) is 2.58. The van der Waals surface area contributed by atoms with E-state index in [1.54, 1.807) is 0 Å². The van der Waals surface area contributed by atoms with Crippen LogP contribution in [0.15, 0.2) is 30.3 Å². The molecule has 1 aromatic rings. The van der Waals surface area contributed by atoms with E-state index in [-0.39, 0.29) is 0 Å². The summed E-state index contributed by atoms with van der Waals surface area (Å²) in [5.41, 5.74) is 6.40. The number of nitrogens with two attached hydrogens (primary N) is 1. The molecule has 0 spiro atoms. The molecule has 60 valence electrons. The van der Waals surface area contributed by atoms with Crippen LogP contribution < -0.4 is 5.73 Å². The van der Waals surface area contributed by atoms with Crippen LogP contribution in [-0.2, 0) is 6.42 Å². The zero-order valence-corrected chi connectivity index (χ0v) is 6.40. The van der Waals surface area contributed by atoms with Gasteiger partial charge in [-0.1, -0.05) is 30.3 Å². The van der Waals surface area contributed by atoms with E-state index in [1.807, 2.05) is 30.3 Å². The standard InChI is InChI=1S/C9H13NO/c10-7-9(11)6-8-4-2-1-3-5-8/h1-5,9,11H,6-7,10H2/t9-/m0/s1. The van der Waals surface area contributed by atoms with Gasteiger partial charge in [0, 0.05) is 6.54 Å². The van der Waals surface area contributed by atoms with Gasteiger partial charge in [-0.2, -0.15) is 0 Å². The highest BCUT2D eigenvalue weighted by molar-refractivity contribution is 5.15. The van der Waals surface area contributed by atoms with Crippen molar-refractivity contribution in [2.45, 2.75) is 12.5 Å². The molecule has 1 atom stereocenters. The zero-order valence-electron chi connectivity index (χ0n) is 6.40. The Bertz CT molecular complexity index is 198. The Kier molecular flexibility index (Phi) is 3.08. The van der Waals surface area contributed by atoms with Crippen LogP contribution >= 0.6 is 0 Å². The lowest BCUT2D eigenvalue weighted by molar-refractivity contribution is 0.183. The minimum absolute atomic E-state index is 0.328. The second-order valence-corrected chi connectivity index (χ2v) is 2.58. The van der Waals surface area contributed by atoms with Crippen LogP contribution in [0.4, 0.5) is 0 Å². The van der Waals surface area contributed by atoms with Gasteiger partial charge in [0.2, 0.25) is 0 Å². The van der Waals surface area contributed by atoms with Crippen LogP contribution in [-0.4, -0.2) is 17.8 Å². The summed E-state index contributed by atoms with van der Waals surface area (Å²) in [5.74, 6) is 0. The Balaban J connectivity index is 2.51. The quantitative estimate of drug-likeness (QED) is 0.662. The van der Waals surface area contributed by atoms with Crippen molar-refractivity contribution in [2.75, 3.05) is 6.54 Å². The molecule has 11 heavy (non-hydrogen) atoms. The third-order valence-corrected chi connectivity index (χ3v) is 1.59. The van der Waals surface area contributed by atoms with E-state index in [2.05, 4.69) is 0 Å². The van der Waals surface area contributed by atoms with Crippen molar-refractivity contribution in [3.63, 3.8) is 0 Å². The minimum atomic E-state index is -0.405. The highest BCUT2D eigenvalue weighted by Crippen LogP contribution is 2.01. The van der Waals surface area contributed by atoms with E-state index in [0.29, 0.717) is 13.0 Å². The average Bonchev–Trinajstić information content (AvgIpc) is 2.06. The normalized spacial score (nSPS) is 12.9. The molecule has 1 rings (SSSR count). The summed E-state index contributed by atoms with van der Waals surface area (Å²) < 4.78 is 0. The van der Waals surface area contributed by atoms with E-state index in [1.165, 1.54) is 0 Å². The lowest BCUT2D eigenvalue weighted by Gasteiger charge is -2.06. The molecule has 0 fully saturated rings. The molecule has 0 saturated carbocycles. The monoisotopic (exact) mass is 151 g/mol. The number of hydrogen-bond donors (Lipinski definition) is 2. The van der Waals surface area contributed by atoms with Gasteiger partial charge in [0.05, 0.1) is 6.10 Å². The summed E-state index contributed by atoms with van der Waals surface area (Å²) in [5, 5.41) is 9.19. The number of hydrogen-bond acceptors (Lipinski definition) is 2. The van der Waals surface area contributed by atoms with Crippen LogP contribution in [0.25, 0.3) is 0 Å². The zero-order chi connectivity index (χ0) is 8.10. The summed E-state index contributed by atoms with van der Waals surface area (Å²) >= 11 is 0. The fraction of sp³-hybridized carbons (Fsp3) is 0.333. The SMILES string of the molecule is NC[C@@H](O)Cc1ccccc1. The van der Waals surface area contributed by atoms with E-state index in [4.69, 9.17) is 5.73 Å². The van der Waals surface area contributed by atoms with Crippen LogP contribution in [0.3, 0.4) is 0 Å². The highest BCUT2D eigenvalue weighted by Gasteiger charge is 2.00. The summed E-state index contributed by atoms with van der Waals surface area (Å²) in [6, 6.07) is 9.84. The first-order valence-corrected chi connectivity index (χ1v) is 3.75. The van der Waals surface area contributed by atoms with Crippen molar-refractivity contribution in [1.29, 1.82) is 0 Å². The first-order chi connectivity index (χ1) is 5.33.